The van der Waals surface area contributed by atoms with Crippen molar-refractivity contribution in [2.45, 2.75) is 31.7 Å². The van der Waals surface area contributed by atoms with Crippen LogP contribution in [0.5, 0.6) is 0 Å². The lowest BCUT2D eigenvalue weighted by Crippen LogP contribution is -2.21. The largest absolute Gasteiger partial charge is 0.339 e. The molecule has 0 aliphatic carbocycles. The van der Waals surface area contributed by atoms with E-state index in [0.717, 1.165) is 18.5 Å². The van der Waals surface area contributed by atoms with Crippen molar-refractivity contribution in [1.29, 1.82) is 0 Å². The summed E-state index contributed by atoms with van der Waals surface area (Å²) in [4.78, 5) is 4.45. The van der Waals surface area contributed by atoms with Crippen LogP contribution in [0.15, 0.2) is 28.8 Å². The first-order valence-corrected chi connectivity index (χ1v) is 6.52. The molecule has 19 heavy (non-hydrogen) atoms. The fourth-order valence-electron chi connectivity index (χ4n) is 2.47. The van der Waals surface area contributed by atoms with Crippen LogP contribution in [0.3, 0.4) is 0 Å². The summed E-state index contributed by atoms with van der Waals surface area (Å²) >= 11 is 0. The van der Waals surface area contributed by atoms with Crippen molar-refractivity contribution in [3.05, 3.63) is 47.4 Å². The molecular formula is C14H16FN3O. The molecule has 2 unspecified atom stereocenters. The van der Waals surface area contributed by atoms with E-state index in [-0.39, 0.29) is 5.82 Å². The molecule has 2 aromatic rings. The normalized spacial score (nSPS) is 22.8. The molecule has 1 aliphatic heterocycles. The van der Waals surface area contributed by atoms with Crippen LogP contribution in [-0.4, -0.2) is 22.7 Å². The molecule has 1 saturated heterocycles. The molecule has 0 bridgehead atoms. The molecular weight excluding hydrogens is 245 g/mol. The van der Waals surface area contributed by atoms with E-state index in [1.807, 2.05) is 0 Å². The van der Waals surface area contributed by atoms with Gasteiger partial charge in [-0.1, -0.05) is 17.3 Å². The van der Waals surface area contributed by atoms with Crippen molar-refractivity contribution in [3.8, 4) is 0 Å². The topological polar surface area (TPSA) is 51.0 Å². The minimum atomic E-state index is -0.233. The lowest BCUT2D eigenvalue weighted by molar-refractivity contribution is 0.342. The van der Waals surface area contributed by atoms with Gasteiger partial charge in [0.25, 0.3) is 0 Å². The molecule has 0 amide bonds. The summed E-state index contributed by atoms with van der Waals surface area (Å²) in [6, 6.07) is 6.74. The minimum Gasteiger partial charge on any atom is -0.339 e. The molecule has 1 fully saturated rings. The van der Waals surface area contributed by atoms with Crippen molar-refractivity contribution in [2.24, 2.45) is 0 Å². The second-order valence-corrected chi connectivity index (χ2v) is 4.99. The zero-order valence-electron chi connectivity index (χ0n) is 10.8. The van der Waals surface area contributed by atoms with Crippen LogP contribution in [0.2, 0.25) is 0 Å². The molecule has 1 aromatic heterocycles. The number of nitrogens with one attached hydrogen (secondary N) is 1. The number of benzene rings is 1. The number of hydrogen-bond donors (Lipinski definition) is 1. The van der Waals surface area contributed by atoms with E-state index in [2.05, 4.69) is 22.4 Å². The molecule has 4 nitrogen and oxygen atoms in total. The molecule has 5 heteroatoms. The number of aromatic nitrogens is 2. The van der Waals surface area contributed by atoms with Gasteiger partial charge < -0.3 is 9.84 Å². The molecule has 100 valence electrons. The molecule has 1 aliphatic rings. The summed E-state index contributed by atoms with van der Waals surface area (Å²) < 4.78 is 18.2. The highest BCUT2D eigenvalue weighted by Gasteiger charge is 2.29. The average molecular weight is 261 g/mol. The van der Waals surface area contributed by atoms with Crippen LogP contribution in [0, 0.1) is 5.82 Å². The van der Waals surface area contributed by atoms with Crippen molar-refractivity contribution < 1.29 is 8.91 Å². The first-order chi connectivity index (χ1) is 9.22. The van der Waals surface area contributed by atoms with Gasteiger partial charge >= 0.3 is 0 Å². The molecule has 2 heterocycles. The fourth-order valence-corrected chi connectivity index (χ4v) is 2.47. The van der Waals surface area contributed by atoms with Crippen LogP contribution in [-0.2, 0) is 6.42 Å². The van der Waals surface area contributed by atoms with E-state index in [0.29, 0.717) is 30.1 Å². The Morgan fingerprint density at radius 3 is 2.84 bits per heavy atom. The molecule has 0 spiro atoms. The molecule has 3 rings (SSSR count). The van der Waals surface area contributed by atoms with E-state index < -0.39 is 0 Å². The molecule has 0 radical (unpaired) electrons. The van der Waals surface area contributed by atoms with Gasteiger partial charge in [0.2, 0.25) is 5.89 Å². The summed E-state index contributed by atoms with van der Waals surface area (Å²) in [5.41, 5.74) is 0.978. The zero-order valence-corrected chi connectivity index (χ0v) is 10.8. The summed E-state index contributed by atoms with van der Waals surface area (Å²) in [6.07, 6.45) is 1.59. The Morgan fingerprint density at radius 2 is 2.16 bits per heavy atom. The van der Waals surface area contributed by atoms with Crippen LogP contribution in [0.25, 0.3) is 0 Å². The van der Waals surface area contributed by atoms with Crippen molar-refractivity contribution in [1.82, 2.24) is 15.5 Å². The SMILES string of the molecule is CC1NCCC1c1nc(Cc2ccc(F)cc2)no1. The highest BCUT2D eigenvalue weighted by Crippen LogP contribution is 2.26. The Hall–Kier alpha value is -1.75. The third-order valence-electron chi connectivity index (χ3n) is 3.60. The van der Waals surface area contributed by atoms with Gasteiger partial charge in [0.05, 0.1) is 5.92 Å². The number of rotatable bonds is 3. The van der Waals surface area contributed by atoms with Gasteiger partial charge in [0, 0.05) is 12.5 Å². The number of nitrogens with zero attached hydrogens (tertiary/aromatic N) is 2. The lowest BCUT2D eigenvalue weighted by atomic mass is 10.0. The maximum atomic E-state index is 12.8. The first-order valence-electron chi connectivity index (χ1n) is 6.52. The Labute approximate surface area is 111 Å². The van der Waals surface area contributed by atoms with Crippen molar-refractivity contribution >= 4 is 0 Å². The van der Waals surface area contributed by atoms with Gasteiger partial charge in [-0.3, -0.25) is 0 Å². The molecule has 2 atom stereocenters. The maximum Gasteiger partial charge on any atom is 0.231 e. The Kier molecular flexibility index (Phi) is 3.29. The van der Waals surface area contributed by atoms with Gasteiger partial charge in [-0.05, 0) is 37.6 Å². The Bertz CT molecular complexity index is 552. The van der Waals surface area contributed by atoms with E-state index in [4.69, 9.17) is 4.52 Å². The van der Waals surface area contributed by atoms with Gasteiger partial charge in [0.15, 0.2) is 5.82 Å². The number of hydrogen-bond acceptors (Lipinski definition) is 4. The monoisotopic (exact) mass is 261 g/mol. The van der Waals surface area contributed by atoms with Crippen LogP contribution < -0.4 is 5.32 Å². The molecule has 1 aromatic carbocycles. The van der Waals surface area contributed by atoms with Crippen molar-refractivity contribution in [3.63, 3.8) is 0 Å². The van der Waals surface area contributed by atoms with E-state index >= 15 is 0 Å². The lowest BCUT2D eigenvalue weighted by Gasteiger charge is -2.08. The highest BCUT2D eigenvalue weighted by molar-refractivity contribution is 5.19. The Morgan fingerprint density at radius 1 is 1.37 bits per heavy atom. The third-order valence-corrected chi connectivity index (χ3v) is 3.60. The van der Waals surface area contributed by atoms with E-state index in [1.165, 1.54) is 12.1 Å². The minimum absolute atomic E-state index is 0.233. The number of halogens is 1. The standard InChI is InChI=1S/C14H16FN3O/c1-9-12(6-7-16-9)14-17-13(18-19-14)8-10-2-4-11(15)5-3-10/h2-5,9,12,16H,6-8H2,1H3. The fraction of sp³-hybridized carbons (Fsp3) is 0.429. The van der Waals surface area contributed by atoms with Crippen LogP contribution >= 0.6 is 0 Å². The Balaban J connectivity index is 1.72. The van der Waals surface area contributed by atoms with Crippen LogP contribution in [0.4, 0.5) is 4.39 Å². The summed E-state index contributed by atoms with van der Waals surface area (Å²) in [7, 11) is 0. The quantitative estimate of drug-likeness (QED) is 0.920. The average Bonchev–Trinajstić information content (AvgIpc) is 3.01. The predicted octanol–water partition coefficient (Wildman–Crippen LogP) is 2.26. The smallest absolute Gasteiger partial charge is 0.231 e. The zero-order chi connectivity index (χ0) is 13.2. The van der Waals surface area contributed by atoms with Crippen molar-refractivity contribution in [2.75, 3.05) is 6.54 Å². The van der Waals surface area contributed by atoms with Gasteiger partial charge in [-0.25, -0.2) is 4.39 Å². The summed E-state index contributed by atoms with van der Waals surface area (Å²) in [5, 5.41) is 7.37. The third kappa shape index (κ3) is 2.66. The molecule has 1 N–H and O–H groups in total. The second kappa shape index (κ2) is 5.09. The first kappa shape index (κ1) is 12.3. The van der Waals surface area contributed by atoms with E-state index in [1.54, 1.807) is 12.1 Å². The van der Waals surface area contributed by atoms with Gasteiger partial charge in [-0.15, -0.1) is 0 Å². The van der Waals surface area contributed by atoms with Crippen LogP contribution in [0.1, 0.15) is 36.5 Å². The summed E-state index contributed by atoms with van der Waals surface area (Å²) in [5.74, 6) is 1.42. The second-order valence-electron chi connectivity index (χ2n) is 4.99. The maximum absolute atomic E-state index is 12.8. The van der Waals surface area contributed by atoms with Gasteiger partial charge in [0.1, 0.15) is 5.82 Å². The van der Waals surface area contributed by atoms with Gasteiger partial charge in [-0.2, -0.15) is 4.98 Å². The predicted molar refractivity (Wildman–Crippen MR) is 68.3 cm³/mol. The van der Waals surface area contributed by atoms with E-state index in [9.17, 15) is 4.39 Å². The molecule has 0 saturated carbocycles. The highest BCUT2D eigenvalue weighted by atomic mass is 19.1. The summed E-state index contributed by atoms with van der Waals surface area (Å²) in [6.45, 7) is 3.11.